The Kier molecular flexibility index (Phi) is 6.31. The van der Waals surface area contributed by atoms with Gasteiger partial charge in [0.15, 0.2) is 0 Å². The average Bonchev–Trinajstić information content (AvgIpc) is 3.21. The molecule has 11 nitrogen and oxygen atoms in total. The molecular formula is C23H21N5O6S. The largest absolute Gasteiger partial charge is 0.328 e. The fraction of sp³-hybridized carbons (Fsp3) is 0.217. The van der Waals surface area contributed by atoms with Crippen LogP contribution in [0.4, 0.5) is 16.2 Å². The second-order valence-corrected chi connectivity index (χ2v) is 8.92. The minimum absolute atomic E-state index is 0.0570. The molecule has 1 fully saturated rings. The molecule has 1 aliphatic rings. The molecule has 1 saturated heterocycles. The number of imide groups is 1. The summed E-state index contributed by atoms with van der Waals surface area (Å²) < 4.78 is 2.62. The number of benzene rings is 2. The van der Waals surface area contributed by atoms with E-state index in [0.717, 1.165) is 16.9 Å². The van der Waals surface area contributed by atoms with Crippen molar-refractivity contribution in [1.82, 2.24) is 14.0 Å². The number of anilines is 1. The summed E-state index contributed by atoms with van der Waals surface area (Å²) in [7, 11) is 3.03. The molecule has 180 valence electrons. The van der Waals surface area contributed by atoms with E-state index in [2.05, 4.69) is 5.32 Å². The summed E-state index contributed by atoms with van der Waals surface area (Å²) in [6.07, 6.45) is 2.09. The summed E-state index contributed by atoms with van der Waals surface area (Å²) in [5.41, 5.74) is 1.81. The lowest BCUT2D eigenvalue weighted by molar-refractivity contribution is -0.385. The molecule has 0 saturated carbocycles. The van der Waals surface area contributed by atoms with Crippen molar-refractivity contribution in [3.63, 3.8) is 0 Å². The van der Waals surface area contributed by atoms with Gasteiger partial charge in [-0.3, -0.25) is 38.5 Å². The lowest BCUT2D eigenvalue weighted by Gasteiger charge is -2.12. The Morgan fingerprint density at radius 1 is 1.09 bits per heavy atom. The minimum atomic E-state index is -0.729. The maximum Gasteiger partial charge on any atom is 0.328 e. The molecule has 35 heavy (non-hydrogen) atoms. The van der Waals surface area contributed by atoms with Crippen LogP contribution < -0.4 is 11.0 Å². The van der Waals surface area contributed by atoms with Crippen LogP contribution in [0, 0.1) is 10.1 Å². The van der Waals surface area contributed by atoms with Gasteiger partial charge in [-0.2, -0.15) is 0 Å². The van der Waals surface area contributed by atoms with Crippen LogP contribution in [0.2, 0.25) is 0 Å². The summed E-state index contributed by atoms with van der Waals surface area (Å²) in [6.45, 7) is 1.51. The van der Waals surface area contributed by atoms with Gasteiger partial charge in [-0.1, -0.05) is 19.1 Å². The Bertz CT molecular complexity index is 1480. The normalized spacial score (nSPS) is 14.8. The number of imidazole rings is 1. The predicted octanol–water partition coefficient (Wildman–Crippen LogP) is 3.02. The lowest BCUT2D eigenvalue weighted by atomic mass is 10.1. The zero-order chi connectivity index (χ0) is 25.4. The molecule has 1 aliphatic heterocycles. The van der Waals surface area contributed by atoms with Gasteiger partial charge in [-0.15, -0.1) is 0 Å². The van der Waals surface area contributed by atoms with Gasteiger partial charge in [0, 0.05) is 25.8 Å². The van der Waals surface area contributed by atoms with Gasteiger partial charge in [0.05, 0.1) is 26.4 Å². The first-order valence-electron chi connectivity index (χ1n) is 10.6. The molecule has 0 radical (unpaired) electrons. The molecule has 0 bridgehead atoms. The average molecular weight is 496 g/mol. The van der Waals surface area contributed by atoms with E-state index < -0.39 is 28.5 Å². The minimum Gasteiger partial charge on any atom is -0.325 e. The van der Waals surface area contributed by atoms with Gasteiger partial charge in [-0.25, -0.2) is 4.79 Å². The molecular weight excluding hydrogens is 474 g/mol. The van der Waals surface area contributed by atoms with Crippen LogP contribution in [0.25, 0.3) is 17.1 Å². The van der Waals surface area contributed by atoms with Crippen molar-refractivity contribution < 1.29 is 19.3 Å². The molecule has 3 aromatic rings. The van der Waals surface area contributed by atoms with Gasteiger partial charge >= 0.3 is 5.69 Å². The van der Waals surface area contributed by atoms with E-state index in [4.69, 9.17) is 0 Å². The molecule has 12 heteroatoms. The van der Waals surface area contributed by atoms with Crippen molar-refractivity contribution in [2.24, 2.45) is 14.1 Å². The highest BCUT2D eigenvalue weighted by Crippen LogP contribution is 2.35. The molecule has 0 spiro atoms. The first-order chi connectivity index (χ1) is 16.6. The number of nitro benzene ring substituents is 1. The highest BCUT2D eigenvalue weighted by molar-refractivity contribution is 8.18. The third-order valence-electron chi connectivity index (χ3n) is 5.72. The highest BCUT2D eigenvalue weighted by Gasteiger charge is 2.37. The van der Waals surface area contributed by atoms with Crippen LogP contribution in [0.3, 0.4) is 0 Å². The van der Waals surface area contributed by atoms with E-state index in [-0.39, 0.29) is 21.8 Å². The molecule has 0 aliphatic carbocycles. The van der Waals surface area contributed by atoms with Gasteiger partial charge in [0.25, 0.3) is 16.8 Å². The number of hydrogen-bond donors (Lipinski definition) is 1. The van der Waals surface area contributed by atoms with Gasteiger partial charge in [0.1, 0.15) is 6.54 Å². The number of carbonyl (C=O) groups is 3. The van der Waals surface area contributed by atoms with Crippen LogP contribution in [0.5, 0.6) is 0 Å². The maximum atomic E-state index is 12.9. The number of nitrogens with zero attached hydrogens (tertiary/aromatic N) is 4. The second-order valence-electron chi connectivity index (χ2n) is 7.92. The zero-order valence-corrected chi connectivity index (χ0v) is 19.9. The van der Waals surface area contributed by atoms with Crippen LogP contribution in [-0.4, -0.2) is 42.6 Å². The topological polar surface area (TPSA) is 137 Å². The third kappa shape index (κ3) is 4.47. The van der Waals surface area contributed by atoms with Crippen molar-refractivity contribution in [3.05, 3.63) is 73.0 Å². The van der Waals surface area contributed by atoms with Crippen LogP contribution in [0.1, 0.15) is 18.1 Å². The Balaban J connectivity index is 1.60. The fourth-order valence-corrected chi connectivity index (χ4v) is 4.60. The number of amides is 3. The molecule has 3 amide bonds. The van der Waals surface area contributed by atoms with Crippen molar-refractivity contribution in [2.45, 2.75) is 13.3 Å². The summed E-state index contributed by atoms with van der Waals surface area (Å²) in [6, 6.07) is 9.88. The molecule has 0 atom stereocenters. The van der Waals surface area contributed by atoms with Crippen LogP contribution in [-0.2, 0) is 30.1 Å². The van der Waals surface area contributed by atoms with E-state index in [1.807, 2.05) is 19.1 Å². The predicted molar refractivity (Wildman–Crippen MR) is 132 cm³/mol. The summed E-state index contributed by atoms with van der Waals surface area (Å²) in [4.78, 5) is 61.8. The molecule has 1 aromatic heterocycles. The zero-order valence-electron chi connectivity index (χ0n) is 19.1. The lowest BCUT2D eigenvalue weighted by Crippen LogP contribution is -2.36. The first kappa shape index (κ1) is 24.0. The van der Waals surface area contributed by atoms with Gasteiger partial charge in [0.2, 0.25) is 5.91 Å². The Hall–Kier alpha value is -4.19. The van der Waals surface area contributed by atoms with Crippen LogP contribution >= 0.6 is 11.8 Å². The number of aryl methyl sites for hydroxylation is 3. The number of hydrogen-bond acceptors (Lipinski definition) is 7. The van der Waals surface area contributed by atoms with E-state index in [9.17, 15) is 29.3 Å². The highest BCUT2D eigenvalue weighted by atomic mass is 32.2. The summed E-state index contributed by atoms with van der Waals surface area (Å²) >= 11 is 0.590. The first-order valence-corrected chi connectivity index (χ1v) is 11.4. The molecule has 2 heterocycles. The molecule has 0 unspecified atom stereocenters. The standard InChI is InChI=1S/C23H21N5O6S/c1-4-13-5-7-15(8-6-13)24-20(29)12-27-21(30)19(35-23(27)32)10-14-9-17-18(11-16(14)28(33)34)26(3)22(31)25(17)2/h5-11H,4,12H2,1-3H3,(H,24,29)/b19-10-. The third-order valence-corrected chi connectivity index (χ3v) is 6.63. The summed E-state index contributed by atoms with van der Waals surface area (Å²) in [5.74, 6) is -1.28. The second kappa shape index (κ2) is 9.22. The molecule has 1 N–H and O–H groups in total. The number of nitrogens with one attached hydrogen (secondary N) is 1. The number of rotatable bonds is 6. The van der Waals surface area contributed by atoms with Crippen molar-refractivity contribution >= 4 is 57.3 Å². The number of aromatic nitrogens is 2. The van der Waals surface area contributed by atoms with Crippen molar-refractivity contribution in [2.75, 3.05) is 11.9 Å². The van der Waals surface area contributed by atoms with E-state index in [1.165, 1.54) is 41.4 Å². The van der Waals surface area contributed by atoms with Crippen molar-refractivity contribution in [1.29, 1.82) is 0 Å². The van der Waals surface area contributed by atoms with Crippen LogP contribution in [0.15, 0.2) is 46.1 Å². The quantitative estimate of drug-likeness (QED) is 0.315. The van der Waals surface area contributed by atoms with E-state index in [1.54, 1.807) is 12.1 Å². The Morgan fingerprint density at radius 2 is 1.71 bits per heavy atom. The molecule has 4 rings (SSSR count). The van der Waals surface area contributed by atoms with Crippen molar-refractivity contribution in [3.8, 4) is 0 Å². The SMILES string of the molecule is CCc1ccc(NC(=O)CN2C(=O)S/C(=C\c3cc4c(cc3[N+](=O)[O-])n(C)c(=O)n4C)C2=O)cc1. The Morgan fingerprint density at radius 3 is 2.31 bits per heavy atom. The maximum absolute atomic E-state index is 12.9. The number of thioether (sulfide) groups is 1. The van der Waals surface area contributed by atoms with Gasteiger partial charge in [-0.05, 0) is 48.0 Å². The summed E-state index contributed by atoms with van der Waals surface area (Å²) in [5, 5.41) is 13.7. The number of fused-ring (bicyclic) bond motifs is 1. The van der Waals surface area contributed by atoms with E-state index in [0.29, 0.717) is 28.5 Å². The number of carbonyl (C=O) groups excluding carboxylic acids is 3. The van der Waals surface area contributed by atoms with Gasteiger partial charge < -0.3 is 5.32 Å². The molecule has 2 aromatic carbocycles. The number of nitro groups is 1. The Labute approximate surface area is 203 Å². The monoisotopic (exact) mass is 495 g/mol. The van der Waals surface area contributed by atoms with E-state index >= 15 is 0 Å². The fourth-order valence-electron chi connectivity index (χ4n) is 3.77. The smallest absolute Gasteiger partial charge is 0.325 e.